The summed E-state index contributed by atoms with van der Waals surface area (Å²) >= 11 is 0. The second-order valence-electron chi connectivity index (χ2n) is 7.71. The summed E-state index contributed by atoms with van der Waals surface area (Å²) in [6, 6.07) is 2.09. The first kappa shape index (κ1) is 19.8. The number of nitrogens with zero attached hydrogens (tertiary/aromatic N) is 8. The number of aromatic nitrogens is 4. The first-order valence-electron chi connectivity index (χ1n) is 10.3. The van der Waals surface area contributed by atoms with E-state index in [4.69, 9.17) is 0 Å². The Bertz CT molecular complexity index is 844. The van der Waals surface area contributed by atoms with Gasteiger partial charge in [0.05, 0.1) is 5.69 Å². The summed E-state index contributed by atoms with van der Waals surface area (Å²) in [7, 11) is 2.15. The number of rotatable bonds is 4. The summed E-state index contributed by atoms with van der Waals surface area (Å²) in [5.74, 6) is 2.85. The number of halogens is 1. The lowest BCUT2D eigenvalue weighted by molar-refractivity contribution is 0.312. The summed E-state index contributed by atoms with van der Waals surface area (Å²) in [6.45, 7) is 10.8. The van der Waals surface area contributed by atoms with Gasteiger partial charge in [-0.2, -0.15) is 0 Å². The van der Waals surface area contributed by atoms with Crippen LogP contribution < -0.4 is 14.7 Å². The van der Waals surface area contributed by atoms with E-state index in [1.807, 2.05) is 18.7 Å². The Morgan fingerprint density at radius 1 is 0.862 bits per heavy atom. The Morgan fingerprint density at radius 3 is 2.00 bits per heavy atom. The van der Waals surface area contributed by atoms with Crippen molar-refractivity contribution in [1.29, 1.82) is 0 Å². The van der Waals surface area contributed by atoms with E-state index in [0.717, 1.165) is 56.7 Å². The smallest absolute Gasteiger partial charge is 0.187 e. The van der Waals surface area contributed by atoms with Crippen molar-refractivity contribution < 1.29 is 4.39 Å². The van der Waals surface area contributed by atoms with Crippen LogP contribution in [0.15, 0.2) is 12.4 Å². The molecule has 0 spiro atoms. The fourth-order valence-electron chi connectivity index (χ4n) is 3.91. The van der Waals surface area contributed by atoms with Crippen LogP contribution in [-0.2, 0) is 6.42 Å². The number of piperazine rings is 2. The molecule has 8 nitrogen and oxygen atoms in total. The zero-order valence-corrected chi connectivity index (χ0v) is 17.5. The van der Waals surface area contributed by atoms with Gasteiger partial charge < -0.3 is 19.6 Å². The van der Waals surface area contributed by atoms with E-state index < -0.39 is 0 Å². The van der Waals surface area contributed by atoms with Crippen molar-refractivity contribution in [3.8, 4) is 0 Å². The first-order chi connectivity index (χ1) is 14.0. The molecule has 0 unspecified atom stereocenters. The van der Waals surface area contributed by atoms with Crippen LogP contribution >= 0.6 is 0 Å². The second-order valence-corrected chi connectivity index (χ2v) is 7.71. The minimum absolute atomic E-state index is 0.293. The maximum atomic E-state index is 14.6. The summed E-state index contributed by atoms with van der Waals surface area (Å²) < 4.78 is 14.6. The van der Waals surface area contributed by atoms with Gasteiger partial charge in [0.2, 0.25) is 0 Å². The Balaban J connectivity index is 1.46. The van der Waals surface area contributed by atoms with Crippen molar-refractivity contribution in [1.82, 2.24) is 24.8 Å². The van der Waals surface area contributed by atoms with Gasteiger partial charge in [-0.05, 0) is 20.4 Å². The lowest BCUT2D eigenvalue weighted by Gasteiger charge is -2.37. The van der Waals surface area contributed by atoms with Crippen molar-refractivity contribution in [2.75, 3.05) is 74.1 Å². The van der Waals surface area contributed by atoms with E-state index in [1.165, 1.54) is 6.33 Å². The van der Waals surface area contributed by atoms with Crippen molar-refractivity contribution in [2.24, 2.45) is 0 Å². The van der Waals surface area contributed by atoms with Crippen molar-refractivity contribution in [3.63, 3.8) is 0 Å². The van der Waals surface area contributed by atoms with E-state index in [-0.39, 0.29) is 5.82 Å². The Hall–Kier alpha value is -2.55. The molecule has 0 aliphatic carbocycles. The number of hydrogen-bond donors (Lipinski definition) is 0. The quantitative estimate of drug-likeness (QED) is 0.762. The molecule has 29 heavy (non-hydrogen) atoms. The van der Waals surface area contributed by atoms with E-state index in [0.29, 0.717) is 31.0 Å². The third-order valence-corrected chi connectivity index (χ3v) is 5.72. The monoisotopic (exact) mass is 400 g/mol. The molecule has 0 saturated carbocycles. The number of likely N-dealkylation sites (N-methyl/N-ethyl adjacent to an activating group) is 1. The third kappa shape index (κ3) is 4.24. The molecule has 4 heterocycles. The molecule has 0 aromatic carbocycles. The molecule has 0 atom stereocenters. The van der Waals surface area contributed by atoms with Crippen LogP contribution in [0.5, 0.6) is 0 Å². The van der Waals surface area contributed by atoms with E-state index in [1.54, 1.807) is 0 Å². The third-order valence-electron chi connectivity index (χ3n) is 5.72. The van der Waals surface area contributed by atoms with Gasteiger partial charge in [-0.25, -0.2) is 24.3 Å². The average molecular weight is 401 g/mol. The zero-order valence-electron chi connectivity index (χ0n) is 17.5. The Morgan fingerprint density at radius 2 is 1.41 bits per heavy atom. The molecule has 4 rings (SSSR count). The first-order valence-corrected chi connectivity index (χ1v) is 10.3. The highest BCUT2D eigenvalue weighted by atomic mass is 19.1. The van der Waals surface area contributed by atoms with Gasteiger partial charge in [0.25, 0.3) is 0 Å². The molecule has 2 aliphatic rings. The van der Waals surface area contributed by atoms with Gasteiger partial charge in [0.15, 0.2) is 11.6 Å². The number of anilines is 3. The molecule has 2 aliphatic heterocycles. The highest BCUT2D eigenvalue weighted by molar-refractivity contribution is 5.53. The highest BCUT2D eigenvalue weighted by Gasteiger charge is 2.24. The second kappa shape index (κ2) is 8.44. The van der Waals surface area contributed by atoms with E-state index >= 15 is 0 Å². The minimum Gasteiger partial charge on any atom is -0.354 e. The molecule has 9 heteroatoms. The summed E-state index contributed by atoms with van der Waals surface area (Å²) in [5.41, 5.74) is 0.473. The van der Waals surface area contributed by atoms with Crippen LogP contribution in [0.3, 0.4) is 0 Å². The average Bonchev–Trinajstić information content (AvgIpc) is 2.74. The van der Waals surface area contributed by atoms with Gasteiger partial charge in [0, 0.05) is 58.4 Å². The summed E-state index contributed by atoms with van der Waals surface area (Å²) in [6.07, 6.45) is 2.02. The van der Waals surface area contributed by atoms with E-state index in [2.05, 4.69) is 47.7 Å². The molecule has 0 bridgehead atoms. The Labute approximate surface area is 171 Å². The maximum absolute atomic E-state index is 14.6. The zero-order chi connectivity index (χ0) is 20.4. The molecule has 0 N–H and O–H groups in total. The van der Waals surface area contributed by atoms with E-state index in [9.17, 15) is 4.39 Å². The van der Waals surface area contributed by atoms with Crippen LogP contribution in [-0.4, -0.2) is 84.2 Å². The van der Waals surface area contributed by atoms with Crippen LogP contribution in [0.1, 0.15) is 18.4 Å². The van der Waals surface area contributed by atoms with Gasteiger partial charge in [0.1, 0.15) is 23.8 Å². The number of hydrogen-bond acceptors (Lipinski definition) is 8. The molecule has 2 aromatic heterocycles. The van der Waals surface area contributed by atoms with Crippen molar-refractivity contribution in [3.05, 3.63) is 29.7 Å². The standard InChI is InChI=1S/C20H29FN8/c1-4-16-19(21)20(23-14-22-16)29-11-9-28(10-12-29)18-13-17(24-15(2)25-18)27-7-5-26(3)6-8-27/h13-14H,4-12H2,1-3H3. The lowest BCUT2D eigenvalue weighted by Crippen LogP contribution is -2.48. The predicted molar refractivity (Wildman–Crippen MR) is 112 cm³/mol. The topological polar surface area (TPSA) is 64.5 Å². The normalized spacial score (nSPS) is 18.4. The summed E-state index contributed by atoms with van der Waals surface area (Å²) in [4.78, 5) is 26.5. The SMILES string of the molecule is CCc1ncnc(N2CCN(c3cc(N4CCN(C)CC4)nc(C)n3)CC2)c1F. The summed E-state index contributed by atoms with van der Waals surface area (Å²) in [5, 5.41) is 0. The van der Waals surface area contributed by atoms with Crippen molar-refractivity contribution >= 4 is 17.5 Å². The van der Waals surface area contributed by atoms with Gasteiger partial charge in [-0.3, -0.25) is 0 Å². The molecule has 0 radical (unpaired) electrons. The van der Waals surface area contributed by atoms with Crippen LogP contribution in [0, 0.1) is 12.7 Å². The maximum Gasteiger partial charge on any atom is 0.187 e. The van der Waals surface area contributed by atoms with Gasteiger partial charge in [-0.15, -0.1) is 0 Å². The predicted octanol–water partition coefficient (Wildman–Crippen LogP) is 1.35. The molecule has 2 saturated heterocycles. The van der Waals surface area contributed by atoms with Crippen molar-refractivity contribution in [2.45, 2.75) is 20.3 Å². The van der Waals surface area contributed by atoms with Crippen LogP contribution in [0.25, 0.3) is 0 Å². The Kier molecular flexibility index (Phi) is 5.75. The molecule has 2 fully saturated rings. The molecule has 0 amide bonds. The largest absolute Gasteiger partial charge is 0.354 e. The molecule has 156 valence electrons. The fourth-order valence-corrected chi connectivity index (χ4v) is 3.91. The van der Waals surface area contributed by atoms with Crippen LogP contribution in [0.2, 0.25) is 0 Å². The van der Waals surface area contributed by atoms with Crippen LogP contribution in [0.4, 0.5) is 21.8 Å². The minimum atomic E-state index is -0.293. The lowest BCUT2D eigenvalue weighted by atomic mass is 10.2. The fraction of sp³-hybridized carbons (Fsp3) is 0.600. The molecule has 2 aromatic rings. The van der Waals surface area contributed by atoms with Gasteiger partial charge in [-0.1, -0.05) is 6.92 Å². The highest BCUT2D eigenvalue weighted by Crippen LogP contribution is 2.24. The number of aryl methyl sites for hydroxylation is 2. The molecular formula is C20H29FN8. The van der Waals surface area contributed by atoms with Gasteiger partial charge >= 0.3 is 0 Å². The molecular weight excluding hydrogens is 371 g/mol.